The molecule has 350 valence electrons. The summed E-state index contributed by atoms with van der Waals surface area (Å²) in [6, 6.07) is 4.35. The largest absolute Gasteiger partial charge is 0.490 e. The fraction of sp³-hybridized carbons (Fsp3) is 0.488. The second-order valence-electron chi connectivity index (χ2n) is 16.4. The molecule has 2 aromatic carbocycles. The van der Waals surface area contributed by atoms with Gasteiger partial charge in [-0.15, -0.1) is 11.3 Å². The lowest BCUT2D eigenvalue weighted by Crippen LogP contribution is -2.41. The number of rotatable bonds is 8. The van der Waals surface area contributed by atoms with Crippen molar-refractivity contribution in [1.29, 1.82) is 5.26 Å². The first-order valence-corrected chi connectivity index (χ1v) is 21.5. The molecule has 0 radical (unpaired) electrons. The quantitative estimate of drug-likeness (QED) is 0.145. The average molecular weight is 945 g/mol. The molecule has 0 bridgehead atoms. The van der Waals surface area contributed by atoms with Crippen LogP contribution in [0.5, 0.6) is 11.8 Å². The van der Waals surface area contributed by atoms with E-state index in [2.05, 4.69) is 19.9 Å². The number of ether oxygens (including phenoxy) is 2. The van der Waals surface area contributed by atoms with E-state index in [1.165, 1.54) is 4.90 Å². The number of nitrogen functional groups attached to an aromatic ring is 2. The zero-order valence-electron chi connectivity index (χ0n) is 35.2. The number of likely N-dealkylation sites (tertiary alicyclic amines) is 1. The summed E-state index contributed by atoms with van der Waals surface area (Å²) in [5.41, 5.74) is 6.88. The van der Waals surface area contributed by atoms with Gasteiger partial charge in [0.15, 0.2) is 5.82 Å². The highest BCUT2D eigenvalue weighted by atomic mass is 32.1. The number of nitrogens with two attached hydrogens (primary N) is 2. The number of thiophene rings is 1. The molecule has 22 heteroatoms. The van der Waals surface area contributed by atoms with Crippen molar-refractivity contribution in [3.63, 3.8) is 0 Å². The maximum Gasteiger partial charge on any atom is 0.420 e. The van der Waals surface area contributed by atoms with Gasteiger partial charge in [-0.3, -0.25) is 0 Å². The Morgan fingerprint density at radius 3 is 2.22 bits per heavy atom. The molecule has 10 nitrogen and oxygen atoms in total. The monoisotopic (exact) mass is 944 g/mol. The molecule has 5 heterocycles. The number of aromatic nitrogens is 3. The van der Waals surface area contributed by atoms with Gasteiger partial charge in [0.05, 0.1) is 35.0 Å². The van der Waals surface area contributed by atoms with Crippen molar-refractivity contribution < 1.29 is 57.8 Å². The smallest absolute Gasteiger partial charge is 0.420 e. The maximum absolute atomic E-state index is 17.4. The van der Waals surface area contributed by atoms with Crippen LogP contribution in [0.25, 0.3) is 32.1 Å². The topological polar surface area (TPSA) is 139 Å². The Morgan fingerprint density at radius 1 is 0.969 bits per heavy atom. The van der Waals surface area contributed by atoms with Gasteiger partial charge in [0.1, 0.15) is 57.8 Å². The SMILES string of the molecule is CC.CCC(F)(F)F.N#Cc1c(N)sc2c(F)ccc(-c3c(C(F)(F)F)c4c5c(nc(OCC6(CN7CCC8(CC7)CC8(F)F)CC6)nc5c3F)N(Cc3cc(F)cnc3N)CCO4)c12. The second-order valence-corrected chi connectivity index (χ2v) is 17.4. The number of alkyl halides is 8. The van der Waals surface area contributed by atoms with Crippen LogP contribution in [-0.2, 0) is 12.7 Å². The molecule has 3 fully saturated rings. The van der Waals surface area contributed by atoms with Gasteiger partial charge in [-0.25, -0.2) is 26.9 Å². The second kappa shape index (κ2) is 17.4. The average Bonchev–Trinajstić information content (AvgIpc) is 4.11. The molecule has 2 saturated carbocycles. The van der Waals surface area contributed by atoms with E-state index in [4.69, 9.17) is 20.9 Å². The van der Waals surface area contributed by atoms with Crippen LogP contribution in [0.15, 0.2) is 24.4 Å². The van der Waals surface area contributed by atoms with Crippen LogP contribution in [0.2, 0.25) is 0 Å². The molecule has 4 aliphatic rings. The zero-order chi connectivity index (χ0) is 47.4. The minimum Gasteiger partial charge on any atom is -0.490 e. The molecule has 3 aromatic heterocycles. The van der Waals surface area contributed by atoms with E-state index in [9.17, 15) is 31.6 Å². The first-order chi connectivity index (χ1) is 30.6. The summed E-state index contributed by atoms with van der Waals surface area (Å²) in [4.78, 5) is 16.2. The van der Waals surface area contributed by atoms with Gasteiger partial charge in [-0.05, 0) is 56.5 Å². The Balaban J connectivity index is 0.000000730. The summed E-state index contributed by atoms with van der Waals surface area (Å²) in [5.74, 6) is -6.80. The van der Waals surface area contributed by atoms with Gasteiger partial charge >= 0.3 is 18.4 Å². The van der Waals surface area contributed by atoms with Gasteiger partial charge in [0.25, 0.3) is 5.92 Å². The molecule has 2 aliphatic heterocycles. The van der Waals surface area contributed by atoms with Crippen LogP contribution in [0, 0.1) is 39.6 Å². The number of benzene rings is 2. The third-order valence-electron chi connectivity index (χ3n) is 12.2. The predicted octanol–water partition coefficient (Wildman–Crippen LogP) is 11.0. The molecule has 5 aromatic rings. The summed E-state index contributed by atoms with van der Waals surface area (Å²) in [6.45, 7) is 5.91. The van der Waals surface area contributed by atoms with Crippen molar-refractivity contribution in [3.05, 3.63) is 58.5 Å². The molecule has 2 aliphatic carbocycles. The molecule has 65 heavy (non-hydrogen) atoms. The number of halogens is 11. The van der Waals surface area contributed by atoms with E-state index in [1.807, 2.05) is 13.8 Å². The van der Waals surface area contributed by atoms with Crippen molar-refractivity contribution in [2.75, 3.05) is 55.8 Å². The fourth-order valence-corrected chi connectivity index (χ4v) is 9.30. The van der Waals surface area contributed by atoms with Crippen molar-refractivity contribution in [1.82, 2.24) is 19.9 Å². The lowest BCUT2D eigenvalue weighted by atomic mass is 9.91. The molecular formula is C43H43F11N8O2S. The summed E-state index contributed by atoms with van der Waals surface area (Å²) >= 11 is 0.638. The molecule has 0 unspecified atom stereocenters. The van der Waals surface area contributed by atoms with Crippen LogP contribution >= 0.6 is 11.3 Å². The Labute approximate surface area is 369 Å². The molecular weight excluding hydrogens is 902 g/mol. The standard InChI is InChI=1S/C38H32F8N8O2S.C3H5F3.C2H6/c39-19-11-18(31(48)50-13-19)14-54-9-10-55-29-25-28(27(41)24(26(29)38(44,45)46)20-1-2-22(40)30-23(20)21(12-47)32(49)57-30)51-34(52-33(25)54)56-17-35(3-4-35)16-53-7-5-36(6-8-53)15-37(36,42)43;1-2-3(4,5)6;1-2/h1-2,11,13H,3-10,14-17,49H2,(H2,48,50);2H2,1H3;1-2H3. The number of pyridine rings is 1. The van der Waals surface area contributed by atoms with E-state index >= 15 is 22.0 Å². The zero-order valence-corrected chi connectivity index (χ0v) is 36.0. The summed E-state index contributed by atoms with van der Waals surface area (Å²) in [7, 11) is 0. The van der Waals surface area contributed by atoms with Crippen LogP contribution < -0.4 is 25.8 Å². The minimum absolute atomic E-state index is 0.0350. The molecule has 4 N–H and O–H groups in total. The van der Waals surface area contributed by atoms with E-state index < -0.39 is 92.9 Å². The lowest BCUT2D eigenvalue weighted by Gasteiger charge is -2.34. The van der Waals surface area contributed by atoms with Crippen molar-refractivity contribution in [2.45, 2.75) is 84.1 Å². The molecule has 1 saturated heterocycles. The number of hydrogen-bond acceptors (Lipinski definition) is 11. The van der Waals surface area contributed by atoms with E-state index in [1.54, 1.807) is 6.07 Å². The van der Waals surface area contributed by atoms with Crippen LogP contribution in [0.3, 0.4) is 0 Å². The van der Waals surface area contributed by atoms with Gasteiger partial charge < -0.3 is 30.7 Å². The van der Waals surface area contributed by atoms with Gasteiger partial charge in [0, 0.05) is 53.3 Å². The van der Waals surface area contributed by atoms with Crippen molar-refractivity contribution in [3.8, 4) is 29.0 Å². The number of piperidine rings is 1. The predicted molar refractivity (Wildman–Crippen MR) is 222 cm³/mol. The first-order valence-electron chi connectivity index (χ1n) is 20.7. The lowest BCUT2D eigenvalue weighted by molar-refractivity contribution is -0.138. The highest BCUT2D eigenvalue weighted by Gasteiger charge is 2.70. The summed E-state index contributed by atoms with van der Waals surface area (Å²) in [5, 5.41) is 8.99. The van der Waals surface area contributed by atoms with E-state index in [0.717, 1.165) is 44.2 Å². The highest BCUT2D eigenvalue weighted by Crippen LogP contribution is 2.66. The molecule has 0 atom stereocenters. The van der Waals surface area contributed by atoms with Gasteiger partial charge in [-0.1, -0.05) is 26.8 Å². The summed E-state index contributed by atoms with van der Waals surface area (Å²) < 4.78 is 165. The molecule has 1 spiro atoms. The van der Waals surface area contributed by atoms with E-state index in [0.29, 0.717) is 43.8 Å². The molecule has 0 amide bonds. The third-order valence-corrected chi connectivity index (χ3v) is 13.2. The highest BCUT2D eigenvalue weighted by molar-refractivity contribution is 7.23. The Morgan fingerprint density at radius 2 is 1.63 bits per heavy atom. The first kappa shape index (κ1) is 47.5. The van der Waals surface area contributed by atoms with Crippen LogP contribution in [0.1, 0.15) is 76.0 Å². The maximum atomic E-state index is 17.4. The summed E-state index contributed by atoms with van der Waals surface area (Å²) in [6.07, 6.45) is -6.91. The minimum atomic E-state index is -5.28. The number of anilines is 3. The Kier molecular flexibility index (Phi) is 12.7. The fourth-order valence-electron chi connectivity index (χ4n) is 8.35. The van der Waals surface area contributed by atoms with Crippen molar-refractivity contribution >= 4 is 49.0 Å². The van der Waals surface area contributed by atoms with Crippen LogP contribution in [-0.4, -0.2) is 71.3 Å². The van der Waals surface area contributed by atoms with Gasteiger partial charge in [-0.2, -0.15) is 41.6 Å². The van der Waals surface area contributed by atoms with Crippen molar-refractivity contribution in [2.24, 2.45) is 10.8 Å². The number of nitriles is 1. The van der Waals surface area contributed by atoms with Gasteiger partial charge in [0.2, 0.25) is 0 Å². The van der Waals surface area contributed by atoms with Crippen LogP contribution in [0.4, 0.5) is 64.9 Å². The number of fused-ring (bicyclic) bond motifs is 1. The number of nitrogens with zero attached hydrogens (tertiary/aromatic N) is 6. The van der Waals surface area contributed by atoms with E-state index in [-0.39, 0.29) is 70.0 Å². The third kappa shape index (κ3) is 9.22. The Hall–Kier alpha value is -5.43. The number of hydrogen-bond donors (Lipinski definition) is 2. The molecule has 9 rings (SSSR count). The normalized spacial score (nSPS) is 18.2. The Bertz CT molecular complexity index is 2650.